The Morgan fingerprint density at radius 3 is 2.83 bits per heavy atom. The van der Waals surface area contributed by atoms with Crippen molar-refractivity contribution in [3.63, 3.8) is 0 Å². The number of imidazole rings is 1. The zero-order valence-corrected chi connectivity index (χ0v) is 15.3. The fourth-order valence-corrected chi connectivity index (χ4v) is 3.21. The molecule has 0 aliphatic carbocycles. The smallest absolute Gasteiger partial charge is 0.131 e. The van der Waals surface area contributed by atoms with Gasteiger partial charge in [0.15, 0.2) is 0 Å². The normalized spacial score (nSPS) is 11.1. The first-order valence-electron chi connectivity index (χ1n) is 6.83. The number of fused-ring (bicyclic) bond motifs is 1. The number of pyridine rings is 1. The van der Waals surface area contributed by atoms with E-state index in [2.05, 4.69) is 9.97 Å². The van der Waals surface area contributed by atoms with Gasteiger partial charge in [0.1, 0.15) is 5.82 Å². The predicted octanol–water partition coefficient (Wildman–Crippen LogP) is 5.05. The van der Waals surface area contributed by atoms with E-state index < -0.39 is 0 Å². The number of nitrogens with zero attached hydrogens (tertiary/aromatic N) is 4. The lowest BCUT2D eigenvalue weighted by Crippen LogP contribution is -2.21. The highest BCUT2D eigenvalue weighted by Gasteiger charge is 2.14. The second-order valence-electron chi connectivity index (χ2n) is 4.96. The standard InChI is InChI=1S/C15H13Cl3N4S/c1-21(6-7-23-18)13-8-12(22-5-4-19-9-22)10-2-3-11(16)14(17)15(10)20-13/h2-5,8-9H,6-7H2,1H3. The summed E-state index contributed by atoms with van der Waals surface area (Å²) < 4.78 is 1.93. The lowest BCUT2D eigenvalue weighted by molar-refractivity contribution is 0.948. The van der Waals surface area contributed by atoms with E-state index in [-0.39, 0.29) is 0 Å². The van der Waals surface area contributed by atoms with Crippen molar-refractivity contribution in [3.05, 3.63) is 47.0 Å². The third-order valence-corrected chi connectivity index (χ3v) is 5.11. The molecule has 1 aromatic carbocycles. The van der Waals surface area contributed by atoms with Crippen molar-refractivity contribution < 1.29 is 0 Å². The summed E-state index contributed by atoms with van der Waals surface area (Å²) in [4.78, 5) is 10.8. The Kier molecular flexibility index (Phi) is 5.21. The molecule has 0 saturated carbocycles. The first-order valence-corrected chi connectivity index (χ1v) is 9.40. The van der Waals surface area contributed by atoms with Crippen molar-refractivity contribution in [3.8, 4) is 5.69 Å². The van der Waals surface area contributed by atoms with Crippen LogP contribution in [0.4, 0.5) is 5.82 Å². The molecule has 0 unspecified atom stereocenters. The summed E-state index contributed by atoms with van der Waals surface area (Å²) in [5.74, 6) is 1.60. The molecular formula is C15H13Cl3N4S. The minimum Gasteiger partial charge on any atom is -0.359 e. The molecule has 0 amide bonds. The average Bonchev–Trinajstić information content (AvgIpc) is 3.09. The van der Waals surface area contributed by atoms with Crippen molar-refractivity contribution in [1.82, 2.24) is 14.5 Å². The van der Waals surface area contributed by atoms with Crippen LogP contribution in [0.1, 0.15) is 0 Å². The number of benzene rings is 1. The van der Waals surface area contributed by atoms with E-state index in [1.165, 1.54) is 11.0 Å². The van der Waals surface area contributed by atoms with Gasteiger partial charge in [-0.3, -0.25) is 0 Å². The van der Waals surface area contributed by atoms with Crippen LogP contribution in [-0.4, -0.2) is 33.9 Å². The van der Waals surface area contributed by atoms with Crippen LogP contribution in [0.25, 0.3) is 16.6 Å². The maximum atomic E-state index is 6.38. The van der Waals surface area contributed by atoms with Gasteiger partial charge >= 0.3 is 0 Å². The van der Waals surface area contributed by atoms with E-state index in [0.717, 1.165) is 29.2 Å². The molecular weight excluding hydrogens is 375 g/mol. The fourth-order valence-electron chi connectivity index (χ4n) is 2.30. The summed E-state index contributed by atoms with van der Waals surface area (Å²) in [6.45, 7) is 0.772. The molecule has 3 aromatic rings. The Balaban J connectivity index is 2.21. The SMILES string of the molecule is CN(CCSCl)c1cc(-n2ccnc2)c2ccc(Cl)c(Cl)c2n1. The van der Waals surface area contributed by atoms with Crippen molar-refractivity contribution in [2.75, 3.05) is 24.2 Å². The monoisotopic (exact) mass is 386 g/mol. The average molecular weight is 388 g/mol. The van der Waals surface area contributed by atoms with Crippen molar-refractivity contribution in [1.29, 1.82) is 0 Å². The summed E-state index contributed by atoms with van der Waals surface area (Å²) >= 11 is 12.5. The summed E-state index contributed by atoms with van der Waals surface area (Å²) in [7, 11) is 8.95. The molecule has 8 heteroatoms. The van der Waals surface area contributed by atoms with Gasteiger partial charge in [-0.25, -0.2) is 9.97 Å². The molecule has 0 spiro atoms. The van der Waals surface area contributed by atoms with Crippen LogP contribution >= 0.6 is 44.9 Å². The maximum absolute atomic E-state index is 6.38. The van der Waals surface area contributed by atoms with Crippen LogP contribution in [0, 0.1) is 0 Å². The first-order chi connectivity index (χ1) is 11.1. The van der Waals surface area contributed by atoms with E-state index in [1.807, 2.05) is 34.8 Å². The number of hydrogen-bond donors (Lipinski definition) is 0. The highest BCUT2D eigenvalue weighted by Crippen LogP contribution is 2.34. The summed E-state index contributed by atoms with van der Waals surface area (Å²) in [5.41, 5.74) is 1.62. The third-order valence-electron chi connectivity index (χ3n) is 3.51. The minimum absolute atomic E-state index is 0.451. The topological polar surface area (TPSA) is 34.0 Å². The van der Waals surface area contributed by atoms with Gasteiger partial charge < -0.3 is 9.47 Å². The van der Waals surface area contributed by atoms with Gasteiger partial charge in [0.05, 0.1) is 27.6 Å². The highest BCUT2D eigenvalue weighted by molar-refractivity contribution is 8.21. The molecule has 0 saturated heterocycles. The molecule has 0 fully saturated rings. The van der Waals surface area contributed by atoms with Gasteiger partial charge in [0, 0.05) is 43.2 Å². The zero-order valence-electron chi connectivity index (χ0n) is 12.2. The Morgan fingerprint density at radius 1 is 1.30 bits per heavy atom. The van der Waals surface area contributed by atoms with E-state index in [0.29, 0.717) is 15.6 Å². The molecule has 3 rings (SSSR count). The molecule has 4 nitrogen and oxygen atoms in total. The maximum Gasteiger partial charge on any atom is 0.131 e. The Bertz CT molecular complexity index is 823. The summed E-state index contributed by atoms with van der Waals surface area (Å²) in [6, 6.07) is 5.71. The quantitative estimate of drug-likeness (QED) is 0.613. The molecule has 0 radical (unpaired) electrons. The van der Waals surface area contributed by atoms with Crippen LogP contribution in [0.5, 0.6) is 0 Å². The summed E-state index contributed by atoms with van der Waals surface area (Å²) in [5, 5.41) is 1.85. The van der Waals surface area contributed by atoms with Gasteiger partial charge in [-0.05, 0) is 22.8 Å². The van der Waals surface area contributed by atoms with E-state index in [1.54, 1.807) is 18.6 Å². The number of anilines is 1. The molecule has 23 heavy (non-hydrogen) atoms. The highest BCUT2D eigenvalue weighted by atomic mass is 35.7. The van der Waals surface area contributed by atoms with Crippen LogP contribution in [0.3, 0.4) is 0 Å². The summed E-state index contributed by atoms with van der Waals surface area (Å²) in [6.07, 6.45) is 5.36. The molecule has 2 aromatic heterocycles. The Hall–Kier alpha value is -1.14. The third kappa shape index (κ3) is 3.38. The number of halogens is 3. The van der Waals surface area contributed by atoms with E-state index in [4.69, 9.17) is 33.9 Å². The minimum atomic E-state index is 0.451. The molecule has 0 bridgehead atoms. The molecule has 2 heterocycles. The zero-order chi connectivity index (χ0) is 16.4. The van der Waals surface area contributed by atoms with Crippen LogP contribution in [0.2, 0.25) is 10.0 Å². The number of aromatic nitrogens is 3. The van der Waals surface area contributed by atoms with Gasteiger partial charge in [0.25, 0.3) is 0 Å². The first kappa shape index (κ1) is 16.7. The van der Waals surface area contributed by atoms with E-state index in [9.17, 15) is 0 Å². The fraction of sp³-hybridized carbons (Fsp3) is 0.200. The molecule has 0 aliphatic heterocycles. The van der Waals surface area contributed by atoms with Gasteiger partial charge in [-0.15, -0.1) is 0 Å². The van der Waals surface area contributed by atoms with E-state index >= 15 is 0 Å². The Morgan fingerprint density at radius 2 is 2.13 bits per heavy atom. The molecule has 120 valence electrons. The molecule has 0 atom stereocenters. The molecule has 0 aliphatic rings. The second-order valence-corrected chi connectivity index (χ2v) is 7.03. The number of rotatable bonds is 5. The van der Waals surface area contributed by atoms with Crippen molar-refractivity contribution in [2.24, 2.45) is 0 Å². The molecule has 0 N–H and O–H groups in total. The largest absolute Gasteiger partial charge is 0.359 e. The lowest BCUT2D eigenvalue weighted by Gasteiger charge is -2.20. The van der Waals surface area contributed by atoms with Gasteiger partial charge in [-0.2, -0.15) is 0 Å². The number of hydrogen-bond acceptors (Lipinski definition) is 4. The van der Waals surface area contributed by atoms with Gasteiger partial charge in [0.2, 0.25) is 0 Å². The van der Waals surface area contributed by atoms with Crippen LogP contribution in [0.15, 0.2) is 36.9 Å². The van der Waals surface area contributed by atoms with Crippen molar-refractivity contribution >= 4 is 61.6 Å². The predicted molar refractivity (Wildman–Crippen MR) is 100 cm³/mol. The second kappa shape index (κ2) is 7.18. The lowest BCUT2D eigenvalue weighted by atomic mass is 10.1. The Labute approximate surface area is 152 Å². The van der Waals surface area contributed by atoms with Crippen LogP contribution in [-0.2, 0) is 0 Å². The van der Waals surface area contributed by atoms with Crippen LogP contribution < -0.4 is 4.90 Å². The van der Waals surface area contributed by atoms with Gasteiger partial charge in [-0.1, -0.05) is 34.2 Å². The van der Waals surface area contributed by atoms with Crippen molar-refractivity contribution in [2.45, 2.75) is 0 Å².